The zero-order valence-corrected chi connectivity index (χ0v) is 28.9. The zero-order valence-electron chi connectivity index (χ0n) is 28.9. The van der Waals surface area contributed by atoms with Gasteiger partial charge in [0.2, 0.25) is 0 Å². The van der Waals surface area contributed by atoms with Crippen molar-refractivity contribution < 1.29 is 4.42 Å². The monoisotopic (exact) mass is 672 g/mol. The van der Waals surface area contributed by atoms with Crippen LogP contribution in [0.2, 0.25) is 0 Å². The first-order valence-electron chi connectivity index (χ1n) is 18.3. The Hall–Kier alpha value is -6.96. The molecule has 0 radical (unpaired) electrons. The third-order valence-corrected chi connectivity index (χ3v) is 11.1. The van der Waals surface area contributed by atoms with Gasteiger partial charge in [0.05, 0.1) is 0 Å². The fraction of sp³-hybridized carbons (Fsp3) is 0. The molecule has 0 bridgehead atoms. The van der Waals surface area contributed by atoms with Crippen LogP contribution in [0.15, 0.2) is 199 Å². The van der Waals surface area contributed by atoms with Crippen molar-refractivity contribution in [3.05, 3.63) is 194 Å². The predicted octanol–water partition coefficient (Wildman–Crippen LogP) is 14.9. The summed E-state index contributed by atoms with van der Waals surface area (Å²) in [6.07, 6.45) is 0. The quantitative estimate of drug-likeness (QED) is 0.170. The smallest absolute Gasteiger partial charge is 0.143 e. The Balaban J connectivity index is 1.07. The van der Waals surface area contributed by atoms with Gasteiger partial charge in [-0.2, -0.15) is 0 Å². The molecule has 0 unspecified atom stereocenters. The summed E-state index contributed by atoms with van der Waals surface area (Å²) in [6.45, 7) is 0. The van der Waals surface area contributed by atoms with E-state index in [0.717, 1.165) is 27.3 Å². The topological polar surface area (TPSA) is 13.1 Å². The van der Waals surface area contributed by atoms with E-state index in [2.05, 4.69) is 194 Å². The Bertz CT molecular complexity index is 3150. The minimum atomic E-state index is 0.914. The Morgan fingerprint density at radius 3 is 1.49 bits per heavy atom. The van der Waals surface area contributed by atoms with Crippen LogP contribution in [0.25, 0.3) is 110 Å². The molecule has 0 aliphatic rings. The summed E-state index contributed by atoms with van der Waals surface area (Å²) in [6, 6.07) is 70.6. The Morgan fingerprint density at radius 2 is 0.774 bits per heavy atom. The zero-order chi connectivity index (χ0) is 34.9. The lowest BCUT2D eigenvalue weighted by molar-refractivity contribution is 0.672. The first-order valence-corrected chi connectivity index (χ1v) is 18.3. The second kappa shape index (κ2) is 11.8. The second-order valence-corrected chi connectivity index (χ2v) is 14.0. The van der Waals surface area contributed by atoms with E-state index in [4.69, 9.17) is 4.42 Å². The van der Waals surface area contributed by atoms with Gasteiger partial charge in [-0.3, -0.25) is 0 Å². The van der Waals surface area contributed by atoms with Crippen LogP contribution < -0.4 is 0 Å². The summed E-state index contributed by atoms with van der Waals surface area (Å²) in [5.74, 6) is 0. The summed E-state index contributed by atoms with van der Waals surface area (Å²) in [5.41, 5.74) is 11.7. The number of furan rings is 1. The van der Waals surface area contributed by atoms with Crippen molar-refractivity contribution in [3.63, 3.8) is 0 Å². The molecule has 1 aromatic heterocycles. The van der Waals surface area contributed by atoms with Crippen molar-refractivity contribution in [2.45, 2.75) is 0 Å². The lowest BCUT2D eigenvalue weighted by Crippen LogP contribution is -1.93. The molecule has 0 spiro atoms. The van der Waals surface area contributed by atoms with Gasteiger partial charge in [0.15, 0.2) is 0 Å². The molecule has 0 N–H and O–H groups in total. The van der Waals surface area contributed by atoms with E-state index < -0.39 is 0 Å². The van der Waals surface area contributed by atoms with Gasteiger partial charge in [0.25, 0.3) is 0 Å². The van der Waals surface area contributed by atoms with Gasteiger partial charge >= 0.3 is 0 Å². The van der Waals surface area contributed by atoms with Crippen LogP contribution >= 0.6 is 0 Å². The third kappa shape index (κ3) is 4.64. The maximum Gasteiger partial charge on any atom is 0.143 e. The average Bonchev–Trinajstić information content (AvgIpc) is 3.61. The van der Waals surface area contributed by atoms with Crippen LogP contribution in [0.5, 0.6) is 0 Å². The SMILES string of the molecule is c1ccc(-c2c3ccccc3c(-c3ccc(-c4ccc5oc6c7ccccc7ccc6c5c4)cc3)c3ccccc23)c(-c2cccc3ccccc23)c1. The Morgan fingerprint density at radius 1 is 0.264 bits per heavy atom. The van der Waals surface area contributed by atoms with Crippen molar-refractivity contribution in [2.24, 2.45) is 0 Å². The fourth-order valence-corrected chi connectivity index (χ4v) is 8.64. The summed E-state index contributed by atoms with van der Waals surface area (Å²) in [4.78, 5) is 0. The summed E-state index contributed by atoms with van der Waals surface area (Å²) < 4.78 is 6.41. The minimum absolute atomic E-state index is 0.914. The molecular formula is C52H32O. The summed E-state index contributed by atoms with van der Waals surface area (Å²) in [5, 5.41) is 12.2. The van der Waals surface area contributed by atoms with E-state index >= 15 is 0 Å². The molecule has 0 atom stereocenters. The van der Waals surface area contributed by atoms with Gasteiger partial charge in [0, 0.05) is 16.2 Å². The van der Waals surface area contributed by atoms with Crippen molar-refractivity contribution in [2.75, 3.05) is 0 Å². The van der Waals surface area contributed by atoms with Gasteiger partial charge in [-0.25, -0.2) is 0 Å². The molecule has 0 saturated carbocycles. The molecule has 10 aromatic carbocycles. The van der Waals surface area contributed by atoms with E-state index in [9.17, 15) is 0 Å². The van der Waals surface area contributed by atoms with Gasteiger partial charge < -0.3 is 4.42 Å². The van der Waals surface area contributed by atoms with E-state index in [1.807, 2.05) is 0 Å². The highest BCUT2D eigenvalue weighted by Crippen LogP contribution is 2.47. The molecule has 1 nitrogen and oxygen atoms in total. The van der Waals surface area contributed by atoms with Crippen LogP contribution in [-0.2, 0) is 0 Å². The number of fused-ring (bicyclic) bond motifs is 8. The molecule has 11 aromatic rings. The number of hydrogen-bond donors (Lipinski definition) is 0. The number of rotatable bonds is 4. The Labute approximate surface area is 307 Å². The molecule has 0 aliphatic carbocycles. The number of hydrogen-bond acceptors (Lipinski definition) is 1. The Kier molecular flexibility index (Phi) is 6.62. The second-order valence-electron chi connectivity index (χ2n) is 14.0. The largest absolute Gasteiger partial charge is 0.455 e. The van der Waals surface area contributed by atoms with E-state index in [1.54, 1.807) is 0 Å². The first kappa shape index (κ1) is 29.7. The molecule has 11 rings (SSSR count). The highest BCUT2D eigenvalue weighted by atomic mass is 16.3. The molecule has 1 heterocycles. The maximum atomic E-state index is 6.41. The molecule has 0 saturated heterocycles. The van der Waals surface area contributed by atoms with Crippen LogP contribution in [0.1, 0.15) is 0 Å². The standard InChI is InChI=1S/C52H32O/c1-3-15-38-34(12-1)14-11-23-40(38)41-17-5-6-18-42(41)51-45-21-9-7-19-43(45)50(44-20-8-10-22-46(44)51)36-26-24-33(25-27-36)37-29-31-49-48(32-37)47-30-28-35-13-2-4-16-39(35)52(47)53-49/h1-32H. The van der Waals surface area contributed by atoms with Crippen molar-refractivity contribution in [1.29, 1.82) is 0 Å². The molecule has 53 heavy (non-hydrogen) atoms. The highest BCUT2D eigenvalue weighted by molar-refractivity contribution is 6.23. The number of benzene rings is 10. The molecular weight excluding hydrogens is 641 g/mol. The lowest BCUT2D eigenvalue weighted by Gasteiger charge is -2.20. The third-order valence-electron chi connectivity index (χ3n) is 11.1. The molecule has 1 heteroatoms. The van der Waals surface area contributed by atoms with E-state index in [0.29, 0.717) is 0 Å². The maximum absolute atomic E-state index is 6.41. The first-order chi connectivity index (χ1) is 26.3. The van der Waals surface area contributed by atoms with Crippen molar-refractivity contribution in [3.8, 4) is 44.5 Å². The molecule has 0 aliphatic heterocycles. The van der Waals surface area contributed by atoms with E-state index in [1.165, 1.54) is 82.2 Å². The summed E-state index contributed by atoms with van der Waals surface area (Å²) >= 11 is 0. The molecule has 0 fully saturated rings. The van der Waals surface area contributed by atoms with Crippen molar-refractivity contribution in [1.82, 2.24) is 0 Å². The van der Waals surface area contributed by atoms with Crippen LogP contribution in [-0.4, -0.2) is 0 Å². The van der Waals surface area contributed by atoms with Gasteiger partial charge in [-0.15, -0.1) is 0 Å². The van der Waals surface area contributed by atoms with Gasteiger partial charge in [-0.1, -0.05) is 176 Å². The van der Waals surface area contributed by atoms with Gasteiger partial charge in [0.1, 0.15) is 11.2 Å². The normalized spacial score (nSPS) is 11.8. The van der Waals surface area contributed by atoms with Gasteiger partial charge in [-0.05, 0) is 100 Å². The summed E-state index contributed by atoms with van der Waals surface area (Å²) in [7, 11) is 0. The lowest BCUT2D eigenvalue weighted by atomic mass is 9.83. The highest BCUT2D eigenvalue weighted by Gasteiger charge is 2.20. The van der Waals surface area contributed by atoms with Crippen LogP contribution in [0, 0.1) is 0 Å². The minimum Gasteiger partial charge on any atom is -0.455 e. The average molecular weight is 673 g/mol. The van der Waals surface area contributed by atoms with E-state index in [-0.39, 0.29) is 0 Å². The van der Waals surface area contributed by atoms with Crippen molar-refractivity contribution >= 4 is 65.0 Å². The molecule has 0 amide bonds. The van der Waals surface area contributed by atoms with Crippen LogP contribution in [0.3, 0.4) is 0 Å². The molecule has 246 valence electrons. The predicted molar refractivity (Wildman–Crippen MR) is 225 cm³/mol. The van der Waals surface area contributed by atoms with Crippen LogP contribution in [0.4, 0.5) is 0 Å². The fourth-order valence-electron chi connectivity index (χ4n) is 8.64.